The first-order chi connectivity index (χ1) is 8.02. The van der Waals surface area contributed by atoms with Crippen LogP contribution >= 0.6 is 0 Å². The Labute approximate surface area is 94.4 Å². The lowest BCUT2D eigenvalue weighted by Crippen LogP contribution is -2.19. The van der Waals surface area contributed by atoms with Gasteiger partial charge in [0.2, 0.25) is 0 Å². The van der Waals surface area contributed by atoms with Crippen molar-refractivity contribution in [1.82, 2.24) is 0 Å². The van der Waals surface area contributed by atoms with Crippen molar-refractivity contribution in [3.63, 3.8) is 0 Å². The predicted octanol–water partition coefficient (Wildman–Crippen LogP) is -1.44. The van der Waals surface area contributed by atoms with Crippen LogP contribution in [-0.4, -0.2) is 36.1 Å². The molecule has 0 rings (SSSR count). The van der Waals surface area contributed by atoms with Gasteiger partial charge in [0.1, 0.15) is 0 Å². The molecule has 0 aromatic heterocycles. The summed E-state index contributed by atoms with van der Waals surface area (Å²) in [5.41, 5.74) is -0.564. The average molecular weight is 248 g/mol. The molecule has 0 aliphatic rings. The van der Waals surface area contributed by atoms with Crippen LogP contribution in [0.3, 0.4) is 0 Å². The molecule has 0 aromatic rings. The lowest BCUT2D eigenvalue weighted by molar-refractivity contribution is -0.246. The average Bonchev–Trinajstić information content (AvgIpc) is 2.29. The minimum Gasteiger partial charge on any atom is -0.388 e. The molecule has 0 aliphatic heterocycles. The molecule has 0 saturated heterocycles. The Morgan fingerprint density at radius 1 is 1.12 bits per heavy atom. The first-order valence-electron chi connectivity index (χ1n) is 4.04. The van der Waals surface area contributed by atoms with Crippen molar-refractivity contribution in [2.75, 3.05) is 0 Å². The molecule has 0 heterocycles. The van der Waals surface area contributed by atoms with Gasteiger partial charge in [-0.3, -0.25) is 19.4 Å². The first-order valence-corrected chi connectivity index (χ1v) is 4.04. The van der Waals surface area contributed by atoms with E-state index in [4.69, 9.17) is 5.11 Å². The van der Waals surface area contributed by atoms with Gasteiger partial charge in [0.05, 0.1) is 11.7 Å². The van der Waals surface area contributed by atoms with Gasteiger partial charge in [0.15, 0.2) is 0 Å². The lowest BCUT2D eigenvalue weighted by Gasteiger charge is -2.06. The lowest BCUT2D eigenvalue weighted by atomic mass is 10.1. The van der Waals surface area contributed by atoms with Crippen LogP contribution in [0.4, 0.5) is 0 Å². The van der Waals surface area contributed by atoms with Gasteiger partial charge in [-0.05, 0) is 6.92 Å². The van der Waals surface area contributed by atoms with Crippen molar-refractivity contribution in [2.24, 2.45) is 0 Å². The minimum atomic E-state index is -1.40. The zero-order valence-electron chi connectivity index (χ0n) is 8.52. The van der Waals surface area contributed by atoms with Gasteiger partial charge in [-0.25, -0.2) is 19.4 Å². The van der Waals surface area contributed by atoms with Crippen molar-refractivity contribution in [3.05, 3.63) is 11.6 Å². The fourth-order valence-electron chi connectivity index (χ4n) is 0.680. The van der Waals surface area contributed by atoms with Gasteiger partial charge < -0.3 is 5.11 Å². The van der Waals surface area contributed by atoms with Gasteiger partial charge in [-0.1, -0.05) is 0 Å². The number of aliphatic hydroxyl groups is 1. The van der Waals surface area contributed by atoms with E-state index in [9.17, 15) is 19.2 Å². The molecule has 1 N–H and O–H groups in total. The van der Waals surface area contributed by atoms with Crippen molar-refractivity contribution < 1.29 is 43.8 Å². The first kappa shape index (κ1) is 14.6. The predicted molar refractivity (Wildman–Crippen MR) is 46.2 cm³/mol. The molecule has 17 heavy (non-hydrogen) atoms. The zero-order valence-corrected chi connectivity index (χ0v) is 8.52. The molecule has 0 spiro atoms. The minimum absolute atomic E-state index is 0.165. The number of hydrogen-bond donors (Lipinski definition) is 1. The Balaban J connectivity index is 4.65. The third-order valence-corrected chi connectivity index (χ3v) is 1.29. The van der Waals surface area contributed by atoms with Gasteiger partial charge in [-0.2, -0.15) is 0 Å². The molecule has 0 bridgehead atoms. The molecule has 1 unspecified atom stereocenters. The maximum absolute atomic E-state index is 11.1. The third kappa shape index (κ3) is 5.89. The van der Waals surface area contributed by atoms with Crippen molar-refractivity contribution in [3.8, 4) is 0 Å². The topological polar surface area (TPSA) is 125 Å². The summed E-state index contributed by atoms with van der Waals surface area (Å²) < 4.78 is 0. The van der Waals surface area contributed by atoms with Gasteiger partial charge in [-0.15, -0.1) is 0 Å². The SMILES string of the molecule is CC(O)/C(=C\C(=O)OOC=O)C(=O)OOC=O. The summed E-state index contributed by atoms with van der Waals surface area (Å²) in [7, 11) is 0. The Morgan fingerprint density at radius 3 is 2.12 bits per heavy atom. The summed E-state index contributed by atoms with van der Waals surface area (Å²) >= 11 is 0. The van der Waals surface area contributed by atoms with Crippen LogP contribution in [0.25, 0.3) is 0 Å². The van der Waals surface area contributed by atoms with Crippen molar-refractivity contribution in [1.29, 1.82) is 0 Å². The molecule has 1 atom stereocenters. The molecular weight excluding hydrogens is 240 g/mol. The molecule has 0 fully saturated rings. The van der Waals surface area contributed by atoms with Gasteiger partial charge in [0, 0.05) is 6.08 Å². The molecule has 9 heteroatoms. The third-order valence-electron chi connectivity index (χ3n) is 1.29. The van der Waals surface area contributed by atoms with E-state index in [1.54, 1.807) is 0 Å². The smallest absolute Gasteiger partial charge is 0.385 e. The Bertz CT molecular complexity index is 330. The van der Waals surface area contributed by atoms with E-state index in [-0.39, 0.29) is 12.9 Å². The second-order valence-electron chi connectivity index (χ2n) is 2.43. The van der Waals surface area contributed by atoms with Crippen LogP contribution < -0.4 is 0 Å². The largest absolute Gasteiger partial charge is 0.388 e. The Hall–Kier alpha value is -2.42. The second-order valence-corrected chi connectivity index (χ2v) is 2.43. The van der Waals surface area contributed by atoms with Crippen LogP contribution in [0.15, 0.2) is 11.6 Å². The molecule has 94 valence electrons. The molecular formula is C8H8O9. The molecule has 9 nitrogen and oxygen atoms in total. The normalized spacial score (nSPS) is 12.0. The quantitative estimate of drug-likeness (QED) is 0.249. The van der Waals surface area contributed by atoms with Crippen LogP contribution in [0, 0.1) is 0 Å². The highest BCUT2D eigenvalue weighted by atomic mass is 17.2. The zero-order chi connectivity index (χ0) is 13.3. The van der Waals surface area contributed by atoms with E-state index in [1.165, 1.54) is 0 Å². The molecule has 0 amide bonds. The number of carbonyl (C=O) groups is 4. The van der Waals surface area contributed by atoms with Crippen LogP contribution in [0.2, 0.25) is 0 Å². The van der Waals surface area contributed by atoms with Gasteiger partial charge >= 0.3 is 24.9 Å². The van der Waals surface area contributed by atoms with E-state index in [0.29, 0.717) is 6.08 Å². The van der Waals surface area contributed by atoms with Gasteiger partial charge in [0.25, 0.3) is 0 Å². The van der Waals surface area contributed by atoms with E-state index < -0.39 is 23.6 Å². The maximum atomic E-state index is 11.1. The fraction of sp³-hybridized carbons (Fsp3) is 0.250. The van der Waals surface area contributed by atoms with E-state index in [2.05, 4.69) is 19.6 Å². The fourth-order valence-corrected chi connectivity index (χ4v) is 0.680. The van der Waals surface area contributed by atoms with Crippen molar-refractivity contribution in [2.45, 2.75) is 13.0 Å². The van der Waals surface area contributed by atoms with E-state index in [0.717, 1.165) is 6.92 Å². The number of rotatable bonds is 7. The number of hydrogen-bond acceptors (Lipinski definition) is 9. The molecule has 0 aliphatic carbocycles. The molecule has 0 radical (unpaired) electrons. The highest BCUT2D eigenvalue weighted by Gasteiger charge is 2.20. The highest BCUT2D eigenvalue weighted by molar-refractivity contribution is 5.96. The summed E-state index contributed by atoms with van der Waals surface area (Å²) in [5.74, 6) is -2.52. The van der Waals surface area contributed by atoms with Crippen molar-refractivity contribution >= 4 is 24.9 Å². The van der Waals surface area contributed by atoms with E-state index >= 15 is 0 Å². The molecule has 0 aromatic carbocycles. The Kier molecular flexibility index (Phi) is 6.71. The number of carbonyl (C=O) groups excluding carboxylic acids is 4. The summed E-state index contributed by atoms with van der Waals surface area (Å²) in [5, 5.41) is 9.13. The van der Waals surface area contributed by atoms with Crippen LogP contribution in [0.1, 0.15) is 6.92 Å². The Morgan fingerprint density at radius 2 is 1.65 bits per heavy atom. The second kappa shape index (κ2) is 7.82. The maximum Gasteiger partial charge on any atom is 0.385 e. The number of aliphatic hydroxyl groups excluding tert-OH is 1. The summed E-state index contributed by atoms with van der Waals surface area (Å²) in [6, 6.07) is 0. The highest BCUT2D eigenvalue weighted by Crippen LogP contribution is 2.05. The summed E-state index contributed by atoms with van der Waals surface area (Å²) in [4.78, 5) is 56.4. The van der Waals surface area contributed by atoms with E-state index in [1.807, 2.05) is 0 Å². The standard InChI is InChI=1S/C8H8O9/c1-5(11)6(8(13)17-15-4-10)2-7(12)16-14-3-9/h2-5,11H,1H3/b6-2+. The van der Waals surface area contributed by atoms with Crippen LogP contribution in [0.5, 0.6) is 0 Å². The van der Waals surface area contributed by atoms with Crippen LogP contribution in [-0.2, 0) is 38.7 Å². The molecule has 0 saturated carbocycles. The monoisotopic (exact) mass is 248 g/mol. The summed E-state index contributed by atoms with van der Waals surface area (Å²) in [6.07, 6.45) is -0.897. The summed E-state index contributed by atoms with van der Waals surface area (Å²) in [6.45, 7) is 0.800.